The standard InChI is InChI=1S/C20H21N7O2/c1-25-19-14(9-22-25)20(29)27(12-21-19)11-17(28)26-8-4-5-13(10-26)18-23-15-6-2-3-7-16(15)24-18/h2-3,6-7,9,12-13H,4-5,8,10-11H2,1H3,(H,23,24)/t13-/m0/s1. The van der Waals surface area contributed by atoms with Crippen molar-refractivity contribution in [1.29, 1.82) is 0 Å². The predicted molar refractivity (Wildman–Crippen MR) is 107 cm³/mol. The number of rotatable bonds is 3. The van der Waals surface area contributed by atoms with Gasteiger partial charge in [0.2, 0.25) is 5.91 Å². The molecule has 1 amide bonds. The number of carbonyl (C=O) groups is 1. The molecule has 4 heterocycles. The Labute approximate surface area is 166 Å². The van der Waals surface area contributed by atoms with Crippen molar-refractivity contribution in [1.82, 2.24) is 34.2 Å². The van der Waals surface area contributed by atoms with E-state index >= 15 is 0 Å². The van der Waals surface area contributed by atoms with Crippen LogP contribution in [0.1, 0.15) is 24.6 Å². The van der Waals surface area contributed by atoms with Crippen LogP contribution in [0.15, 0.2) is 41.6 Å². The van der Waals surface area contributed by atoms with E-state index in [4.69, 9.17) is 4.98 Å². The van der Waals surface area contributed by atoms with Gasteiger partial charge in [-0.3, -0.25) is 18.8 Å². The van der Waals surface area contributed by atoms with E-state index in [-0.39, 0.29) is 23.9 Å². The Morgan fingerprint density at radius 1 is 1.31 bits per heavy atom. The summed E-state index contributed by atoms with van der Waals surface area (Å²) in [5.74, 6) is 0.994. The zero-order valence-electron chi connectivity index (χ0n) is 16.1. The number of likely N-dealkylation sites (tertiary alicyclic amines) is 1. The summed E-state index contributed by atoms with van der Waals surface area (Å²) in [7, 11) is 1.73. The van der Waals surface area contributed by atoms with Gasteiger partial charge < -0.3 is 9.88 Å². The molecule has 1 atom stereocenters. The number of nitrogens with zero attached hydrogens (tertiary/aromatic N) is 6. The van der Waals surface area contributed by atoms with Crippen LogP contribution >= 0.6 is 0 Å². The number of amides is 1. The third-order valence-corrected chi connectivity index (χ3v) is 5.59. The number of para-hydroxylation sites is 2. The number of hydrogen-bond acceptors (Lipinski definition) is 5. The number of H-pyrrole nitrogens is 1. The molecule has 29 heavy (non-hydrogen) atoms. The topological polar surface area (TPSA) is 102 Å². The SMILES string of the molecule is Cn1ncc2c(=O)n(CC(=O)N3CCC[C@H](c4nc5ccccc5[nH]4)C3)cnc21. The summed E-state index contributed by atoms with van der Waals surface area (Å²) < 4.78 is 2.91. The van der Waals surface area contributed by atoms with Gasteiger partial charge in [-0.1, -0.05) is 12.1 Å². The Balaban J connectivity index is 1.34. The van der Waals surface area contributed by atoms with Crippen LogP contribution in [-0.4, -0.2) is 53.2 Å². The molecule has 0 bridgehead atoms. The Morgan fingerprint density at radius 3 is 3.03 bits per heavy atom. The Bertz CT molecular complexity index is 1240. The molecule has 0 radical (unpaired) electrons. The average molecular weight is 391 g/mol. The molecule has 1 aliphatic rings. The second-order valence-corrected chi connectivity index (χ2v) is 7.50. The normalized spacial score (nSPS) is 17.3. The lowest BCUT2D eigenvalue weighted by Crippen LogP contribution is -2.42. The van der Waals surface area contributed by atoms with Gasteiger partial charge in [0, 0.05) is 26.1 Å². The zero-order valence-corrected chi connectivity index (χ0v) is 16.1. The summed E-state index contributed by atoms with van der Waals surface area (Å²) in [6, 6.07) is 7.93. The summed E-state index contributed by atoms with van der Waals surface area (Å²) in [6.07, 6.45) is 4.80. The van der Waals surface area contributed by atoms with Crippen LogP contribution in [0, 0.1) is 0 Å². The first-order valence-corrected chi connectivity index (χ1v) is 9.70. The second kappa shape index (κ2) is 6.84. The lowest BCUT2D eigenvalue weighted by molar-refractivity contribution is -0.133. The average Bonchev–Trinajstić information content (AvgIpc) is 3.34. The third kappa shape index (κ3) is 3.08. The van der Waals surface area contributed by atoms with E-state index in [1.165, 1.54) is 17.1 Å². The maximum absolute atomic E-state index is 12.9. The van der Waals surface area contributed by atoms with Crippen LogP contribution in [-0.2, 0) is 18.4 Å². The summed E-state index contributed by atoms with van der Waals surface area (Å²) in [4.78, 5) is 39.7. The quantitative estimate of drug-likeness (QED) is 0.569. The van der Waals surface area contributed by atoms with Crippen LogP contribution in [0.25, 0.3) is 22.1 Å². The highest BCUT2D eigenvalue weighted by Crippen LogP contribution is 2.26. The van der Waals surface area contributed by atoms with Gasteiger partial charge in [-0.2, -0.15) is 5.10 Å². The number of aromatic nitrogens is 6. The summed E-state index contributed by atoms with van der Waals surface area (Å²) in [5, 5.41) is 4.48. The molecule has 1 aliphatic heterocycles. The Morgan fingerprint density at radius 2 is 2.17 bits per heavy atom. The lowest BCUT2D eigenvalue weighted by atomic mass is 9.97. The number of aromatic amines is 1. The van der Waals surface area contributed by atoms with Crippen molar-refractivity contribution in [2.24, 2.45) is 7.05 Å². The number of nitrogens with one attached hydrogen (secondary N) is 1. The van der Waals surface area contributed by atoms with Crippen molar-refractivity contribution >= 4 is 28.0 Å². The Kier molecular flexibility index (Phi) is 4.15. The van der Waals surface area contributed by atoms with Crippen molar-refractivity contribution in [2.75, 3.05) is 13.1 Å². The van der Waals surface area contributed by atoms with E-state index in [2.05, 4.69) is 15.1 Å². The van der Waals surface area contributed by atoms with Gasteiger partial charge in [-0.25, -0.2) is 9.97 Å². The van der Waals surface area contributed by atoms with Crippen LogP contribution in [0.4, 0.5) is 0 Å². The molecule has 9 heteroatoms. The van der Waals surface area contributed by atoms with E-state index in [9.17, 15) is 9.59 Å². The molecule has 148 valence electrons. The fraction of sp³-hybridized carbons (Fsp3) is 0.350. The molecule has 0 aliphatic carbocycles. The zero-order chi connectivity index (χ0) is 20.0. The molecular formula is C20H21N7O2. The molecule has 3 aromatic heterocycles. The Hall–Kier alpha value is -3.49. The monoisotopic (exact) mass is 391 g/mol. The molecule has 9 nitrogen and oxygen atoms in total. The molecule has 1 aromatic carbocycles. The number of fused-ring (bicyclic) bond motifs is 2. The minimum Gasteiger partial charge on any atom is -0.342 e. The van der Waals surface area contributed by atoms with Gasteiger partial charge in [0.25, 0.3) is 5.56 Å². The first-order chi connectivity index (χ1) is 14.1. The minimum atomic E-state index is -0.248. The largest absolute Gasteiger partial charge is 0.342 e. The molecule has 1 fully saturated rings. The van der Waals surface area contributed by atoms with Crippen LogP contribution in [0.3, 0.4) is 0 Å². The van der Waals surface area contributed by atoms with Gasteiger partial charge in [-0.15, -0.1) is 0 Å². The smallest absolute Gasteiger partial charge is 0.264 e. The molecule has 0 saturated carbocycles. The van der Waals surface area contributed by atoms with Gasteiger partial charge >= 0.3 is 0 Å². The molecule has 1 saturated heterocycles. The number of imidazole rings is 1. The van der Waals surface area contributed by atoms with E-state index < -0.39 is 0 Å². The van der Waals surface area contributed by atoms with Crippen molar-refractivity contribution in [3.05, 3.63) is 53.0 Å². The van der Waals surface area contributed by atoms with E-state index in [1.807, 2.05) is 29.2 Å². The molecule has 4 aromatic rings. The maximum Gasteiger partial charge on any atom is 0.264 e. The van der Waals surface area contributed by atoms with Crippen molar-refractivity contribution in [3.8, 4) is 0 Å². The fourth-order valence-corrected chi connectivity index (χ4v) is 4.02. The summed E-state index contributed by atoms with van der Waals surface area (Å²) in [5.41, 5.74) is 2.21. The minimum absolute atomic E-state index is 0.0243. The number of carbonyl (C=O) groups excluding carboxylic acids is 1. The van der Waals surface area contributed by atoms with Gasteiger partial charge in [0.05, 0.1) is 17.2 Å². The summed E-state index contributed by atoms with van der Waals surface area (Å²) in [6.45, 7) is 1.26. The predicted octanol–water partition coefficient (Wildman–Crippen LogP) is 1.41. The maximum atomic E-state index is 12.9. The highest BCUT2D eigenvalue weighted by Gasteiger charge is 2.27. The van der Waals surface area contributed by atoms with E-state index in [1.54, 1.807) is 11.7 Å². The van der Waals surface area contributed by atoms with Crippen molar-refractivity contribution < 1.29 is 4.79 Å². The van der Waals surface area contributed by atoms with E-state index in [0.717, 1.165) is 29.7 Å². The van der Waals surface area contributed by atoms with Crippen molar-refractivity contribution in [2.45, 2.75) is 25.3 Å². The summed E-state index contributed by atoms with van der Waals surface area (Å²) >= 11 is 0. The third-order valence-electron chi connectivity index (χ3n) is 5.59. The van der Waals surface area contributed by atoms with Crippen LogP contribution < -0.4 is 5.56 Å². The molecule has 1 N–H and O–H groups in total. The van der Waals surface area contributed by atoms with Crippen molar-refractivity contribution in [3.63, 3.8) is 0 Å². The number of benzene rings is 1. The highest BCUT2D eigenvalue weighted by molar-refractivity contribution is 5.78. The van der Waals surface area contributed by atoms with Gasteiger partial charge in [0.15, 0.2) is 5.65 Å². The first-order valence-electron chi connectivity index (χ1n) is 9.70. The molecule has 0 spiro atoms. The van der Waals surface area contributed by atoms with E-state index in [0.29, 0.717) is 24.1 Å². The van der Waals surface area contributed by atoms with Crippen LogP contribution in [0.5, 0.6) is 0 Å². The lowest BCUT2D eigenvalue weighted by Gasteiger charge is -2.32. The first kappa shape index (κ1) is 17.6. The molecule has 5 rings (SSSR count). The molecular weight excluding hydrogens is 370 g/mol. The van der Waals surface area contributed by atoms with Gasteiger partial charge in [-0.05, 0) is 25.0 Å². The van der Waals surface area contributed by atoms with Crippen LogP contribution in [0.2, 0.25) is 0 Å². The fourth-order valence-electron chi connectivity index (χ4n) is 4.02. The number of piperidine rings is 1. The number of aryl methyl sites for hydroxylation is 1. The molecule has 0 unspecified atom stereocenters. The van der Waals surface area contributed by atoms with Gasteiger partial charge in [0.1, 0.15) is 24.1 Å². The number of hydrogen-bond donors (Lipinski definition) is 1. The second-order valence-electron chi connectivity index (χ2n) is 7.50. The highest BCUT2D eigenvalue weighted by atomic mass is 16.2.